The summed E-state index contributed by atoms with van der Waals surface area (Å²) in [6, 6.07) is 8.05. The number of likely N-dealkylation sites (tertiary alicyclic amines) is 1. The van der Waals surface area contributed by atoms with Crippen LogP contribution in [0.15, 0.2) is 36.5 Å². The first-order valence-corrected chi connectivity index (χ1v) is 13.0. The van der Waals surface area contributed by atoms with Crippen molar-refractivity contribution in [2.45, 2.75) is 31.9 Å². The highest BCUT2D eigenvalue weighted by Gasteiger charge is 2.38. The maximum absolute atomic E-state index is 13.9. The van der Waals surface area contributed by atoms with Crippen molar-refractivity contribution in [2.24, 2.45) is 11.8 Å². The number of β-amino-alcohol motifs (C(OH)–C–C–N with tert-alkyl or cyclic N) is 1. The fourth-order valence-corrected chi connectivity index (χ4v) is 6.25. The molecular weight excluding hydrogens is 512 g/mol. The monoisotopic (exact) mass is 540 g/mol. The van der Waals surface area contributed by atoms with Crippen LogP contribution in [0.3, 0.4) is 0 Å². The number of hydrogen-bond donors (Lipinski definition) is 1. The van der Waals surface area contributed by atoms with Crippen LogP contribution in [0, 0.1) is 11.8 Å². The molecule has 0 amide bonds. The summed E-state index contributed by atoms with van der Waals surface area (Å²) in [7, 11) is 0. The van der Waals surface area contributed by atoms with Gasteiger partial charge < -0.3 is 14.9 Å². The molecule has 0 unspecified atom stereocenters. The lowest BCUT2D eigenvalue weighted by Gasteiger charge is -2.47. The summed E-state index contributed by atoms with van der Waals surface area (Å²) in [5.41, 5.74) is 1.67. The molecule has 0 bridgehead atoms. The fraction of sp³-hybridized carbons (Fsp3) is 0.500. The van der Waals surface area contributed by atoms with Crippen molar-refractivity contribution < 1.29 is 18.3 Å². The Morgan fingerprint density at radius 1 is 1.08 bits per heavy atom. The average molecular weight is 541 g/mol. The van der Waals surface area contributed by atoms with Gasteiger partial charge in [0.1, 0.15) is 5.69 Å². The van der Waals surface area contributed by atoms with E-state index in [1.807, 2.05) is 13.0 Å². The molecule has 36 heavy (non-hydrogen) atoms. The third-order valence-electron chi connectivity index (χ3n) is 7.72. The SMILES string of the molecule is C[C@H](c1ccc(Cl)cc1Cl)c1cc(C(F)(F)F)n2ncc(N3CC([C@H]4CCCN(CCO)C4)C3)cc12. The smallest absolute Gasteiger partial charge is 0.395 e. The van der Waals surface area contributed by atoms with E-state index in [1.54, 1.807) is 18.2 Å². The highest BCUT2D eigenvalue weighted by atomic mass is 35.5. The maximum atomic E-state index is 13.9. The standard InChI is InChI=1S/C26H29Cl2F3N4O/c1-16(21-5-4-19(27)9-23(21)28)22-11-25(26(29,30)31)35-24(22)10-20(12-32-35)34-14-18(15-34)17-3-2-6-33(13-17)7-8-36/h4-5,9-12,16-18,36H,2-3,6-8,13-15H2,1H3/t16-,17+/m1/s1. The Morgan fingerprint density at radius 2 is 1.86 bits per heavy atom. The van der Waals surface area contributed by atoms with E-state index in [0.717, 1.165) is 42.8 Å². The van der Waals surface area contributed by atoms with Crippen LogP contribution in [0.25, 0.3) is 5.52 Å². The topological polar surface area (TPSA) is 44.0 Å². The van der Waals surface area contributed by atoms with E-state index < -0.39 is 11.9 Å². The Kier molecular flexibility index (Phi) is 7.15. The second kappa shape index (κ2) is 10.0. The van der Waals surface area contributed by atoms with Crippen molar-refractivity contribution in [3.05, 3.63) is 63.4 Å². The van der Waals surface area contributed by atoms with Gasteiger partial charge in [-0.05, 0) is 66.6 Å². The van der Waals surface area contributed by atoms with Crippen LogP contribution in [0.1, 0.15) is 42.5 Å². The number of aliphatic hydroxyl groups excluding tert-OH is 1. The van der Waals surface area contributed by atoms with Crippen LogP contribution < -0.4 is 4.90 Å². The summed E-state index contributed by atoms with van der Waals surface area (Å²) in [6.07, 6.45) is -0.702. The largest absolute Gasteiger partial charge is 0.433 e. The van der Waals surface area contributed by atoms with E-state index in [4.69, 9.17) is 23.2 Å². The van der Waals surface area contributed by atoms with E-state index in [9.17, 15) is 18.3 Å². The molecule has 2 aliphatic heterocycles. The van der Waals surface area contributed by atoms with Crippen molar-refractivity contribution in [3.63, 3.8) is 0 Å². The van der Waals surface area contributed by atoms with E-state index in [-0.39, 0.29) is 12.5 Å². The lowest BCUT2D eigenvalue weighted by molar-refractivity contribution is -0.142. The molecule has 10 heteroatoms. The quantitative estimate of drug-likeness (QED) is 0.419. The first-order valence-electron chi connectivity index (χ1n) is 12.3. The first kappa shape index (κ1) is 25.6. The molecule has 0 aliphatic carbocycles. The van der Waals surface area contributed by atoms with Crippen LogP contribution in [0.2, 0.25) is 10.0 Å². The van der Waals surface area contributed by atoms with Gasteiger partial charge in [-0.1, -0.05) is 36.2 Å². The van der Waals surface area contributed by atoms with Gasteiger partial charge in [-0.3, -0.25) is 0 Å². The van der Waals surface area contributed by atoms with Crippen molar-refractivity contribution in [3.8, 4) is 0 Å². The van der Waals surface area contributed by atoms with E-state index in [0.29, 0.717) is 45.1 Å². The summed E-state index contributed by atoms with van der Waals surface area (Å²) in [5, 5.41) is 14.4. The molecule has 2 aromatic heterocycles. The molecule has 0 saturated carbocycles. The number of aromatic nitrogens is 2. The third kappa shape index (κ3) is 4.93. The Morgan fingerprint density at radius 3 is 2.56 bits per heavy atom. The summed E-state index contributed by atoms with van der Waals surface area (Å²) in [4.78, 5) is 4.51. The number of fused-ring (bicyclic) bond motifs is 1. The van der Waals surface area contributed by atoms with Gasteiger partial charge in [0, 0.05) is 42.1 Å². The van der Waals surface area contributed by atoms with Crippen LogP contribution in [-0.2, 0) is 6.18 Å². The van der Waals surface area contributed by atoms with Crippen LogP contribution >= 0.6 is 23.2 Å². The number of nitrogens with zero attached hydrogens (tertiary/aromatic N) is 4. The second-order valence-electron chi connectivity index (χ2n) is 9.97. The van der Waals surface area contributed by atoms with Gasteiger partial charge in [-0.15, -0.1) is 0 Å². The number of anilines is 1. The van der Waals surface area contributed by atoms with Gasteiger partial charge in [-0.25, -0.2) is 4.52 Å². The van der Waals surface area contributed by atoms with Crippen LogP contribution in [0.5, 0.6) is 0 Å². The Hall–Kier alpha value is -2.00. The minimum Gasteiger partial charge on any atom is -0.395 e. The Labute approximate surface area is 218 Å². The molecule has 2 atom stereocenters. The summed E-state index contributed by atoms with van der Waals surface area (Å²) in [6.45, 7) is 6.47. The van der Waals surface area contributed by atoms with Gasteiger partial charge in [0.25, 0.3) is 0 Å². The fourth-order valence-electron chi connectivity index (χ4n) is 5.68. The summed E-state index contributed by atoms with van der Waals surface area (Å²) in [5.74, 6) is 0.722. The lowest BCUT2D eigenvalue weighted by Crippen LogP contribution is -2.53. The Bertz CT molecular complexity index is 1240. The number of aliphatic hydroxyl groups is 1. The predicted octanol–water partition coefficient (Wildman–Crippen LogP) is 5.95. The highest BCUT2D eigenvalue weighted by Crippen LogP contribution is 2.41. The lowest BCUT2D eigenvalue weighted by atomic mass is 9.80. The van der Waals surface area contributed by atoms with Gasteiger partial charge in [0.15, 0.2) is 0 Å². The summed E-state index contributed by atoms with van der Waals surface area (Å²) < 4.78 is 42.6. The average Bonchev–Trinajstić information content (AvgIpc) is 3.18. The van der Waals surface area contributed by atoms with Crippen molar-refractivity contribution in [1.82, 2.24) is 14.5 Å². The third-order valence-corrected chi connectivity index (χ3v) is 8.28. The predicted molar refractivity (Wildman–Crippen MR) is 136 cm³/mol. The minimum absolute atomic E-state index is 0.175. The minimum atomic E-state index is -4.54. The highest BCUT2D eigenvalue weighted by molar-refractivity contribution is 6.35. The number of piperidine rings is 1. The maximum Gasteiger partial charge on any atom is 0.433 e. The molecule has 1 N–H and O–H groups in total. The molecule has 5 rings (SSSR count). The van der Waals surface area contributed by atoms with Gasteiger partial charge in [0.05, 0.1) is 24.0 Å². The molecule has 2 aliphatic rings. The molecule has 5 nitrogen and oxygen atoms in total. The van der Waals surface area contributed by atoms with E-state index in [1.165, 1.54) is 18.7 Å². The normalized spacial score (nSPS) is 20.6. The van der Waals surface area contributed by atoms with Crippen molar-refractivity contribution >= 4 is 34.4 Å². The molecule has 0 spiro atoms. The molecule has 1 aromatic carbocycles. The van der Waals surface area contributed by atoms with Gasteiger partial charge >= 0.3 is 6.18 Å². The van der Waals surface area contributed by atoms with Crippen molar-refractivity contribution in [2.75, 3.05) is 44.2 Å². The number of hydrogen-bond acceptors (Lipinski definition) is 4. The molecule has 2 fully saturated rings. The molecule has 4 heterocycles. The van der Waals surface area contributed by atoms with E-state index in [2.05, 4.69) is 14.9 Å². The molecular formula is C26H29Cl2F3N4O. The van der Waals surface area contributed by atoms with Crippen molar-refractivity contribution in [1.29, 1.82) is 0 Å². The Balaban J connectivity index is 1.42. The number of benzene rings is 1. The summed E-state index contributed by atoms with van der Waals surface area (Å²) >= 11 is 12.4. The zero-order valence-corrected chi connectivity index (χ0v) is 21.5. The second-order valence-corrected chi connectivity index (χ2v) is 10.8. The zero-order valence-electron chi connectivity index (χ0n) is 20.0. The molecule has 194 valence electrons. The first-order chi connectivity index (χ1) is 17.2. The van der Waals surface area contributed by atoms with Gasteiger partial charge in [-0.2, -0.15) is 18.3 Å². The van der Waals surface area contributed by atoms with Crippen LogP contribution in [-0.4, -0.2) is 59.0 Å². The molecule has 0 radical (unpaired) electrons. The number of alkyl halides is 3. The molecule has 2 saturated heterocycles. The van der Waals surface area contributed by atoms with Gasteiger partial charge in [0.2, 0.25) is 0 Å². The van der Waals surface area contributed by atoms with Crippen LogP contribution in [0.4, 0.5) is 18.9 Å². The van der Waals surface area contributed by atoms with E-state index >= 15 is 0 Å². The molecule has 3 aromatic rings. The number of halogens is 5. The zero-order chi connectivity index (χ0) is 25.6. The number of rotatable bonds is 6.